The molecule has 0 N–H and O–H groups in total. The van der Waals surface area contributed by atoms with E-state index in [1.54, 1.807) is 0 Å². The Labute approximate surface area is 132 Å². The molecule has 1 aliphatic heterocycles. The van der Waals surface area contributed by atoms with Crippen LogP contribution in [0.15, 0.2) is 4.99 Å². The summed E-state index contributed by atoms with van der Waals surface area (Å²) in [6, 6.07) is 0. The first-order chi connectivity index (χ1) is 9.16. The van der Waals surface area contributed by atoms with Crippen LogP contribution in [0.4, 0.5) is 0 Å². The summed E-state index contributed by atoms with van der Waals surface area (Å²) in [5, 5.41) is 0. The second kappa shape index (κ2) is 8.77. The molecule has 0 aromatic rings. The van der Waals surface area contributed by atoms with Gasteiger partial charge in [-0.25, -0.2) is 0 Å². The van der Waals surface area contributed by atoms with Crippen LogP contribution in [0.1, 0.15) is 68.2 Å². The minimum Gasteiger partial charge on any atom is -0.479 e. The van der Waals surface area contributed by atoms with Crippen LogP contribution in [0.5, 0.6) is 0 Å². The van der Waals surface area contributed by atoms with Crippen LogP contribution in [-0.2, 0) is 9.47 Å². The second-order valence-electron chi connectivity index (χ2n) is 8.38. The Morgan fingerprint density at radius 1 is 1.10 bits per heavy atom. The highest BCUT2D eigenvalue weighted by atomic mass is 16.5. The first-order valence-electron chi connectivity index (χ1n) is 7.90. The van der Waals surface area contributed by atoms with Gasteiger partial charge in [-0.2, -0.15) is 0 Å². The molecule has 0 atom stereocenters. The molecule has 1 aliphatic carbocycles. The highest BCUT2D eigenvalue weighted by Crippen LogP contribution is 2.29. The summed E-state index contributed by atoms with van der Waals surface area (Å²) >= 11 is 0. The number of rotatable bonds is 4. The average molecular weight is 299 g/mol. The molecule has 1 saturated carbocycles. The van der Waals surface area contributed by atoms with Crippen LogP contribution in [0.25, 0.3) is 0 Å². The van der Waals surface area contributed by atoms with E-state index in [0.717, 1.165) is 44.6 Å². The van der Waals surface area contributed by atoms with Crippen LogP contribution >= 0.6 is 0 Å². The molecule has 2 rings (SSSR count). The van der Waals surface area contributed by atoms with Crippen LogP contribution in [0.3, 0.4) is 0 Å². The molecule has 0 spiro atoms. The molecule has 0 bridgehead atoms. The molecule has 1 fully saturated rings. The largest absolute Gasteiger partial charge is 0.479 e. The summed E-state index contributed by atoms with van der Waals surface area (Å²) in [4.78, 5) is 4.22. The van der Waals surface area contributed by atoms with Gasteiger partial charge < -0.3 is 9.47 Å². The van der Waals surface area contributed by atoms with Gasteiger partial charge >= 0.3 is 0 Å². The predicted octanol–water partition coefficient (Wildman–Crippen LogP) is 4.95. The van der Waals surface area contributed by atoms with Gasteiger partial charge in [-0.15, -0.1) is 0 Å². The Morgan fingerprint density at radius 3 is 2.10 bits per heavy atom. The number of aliphatic imine (C=N–C) groups is 1. The molecule has 0 aromatic heterocycles. The van der Waals surface area contributed by atoms with Gasteiger partial charge in [-0.1, -0.05) is 49.0 Å². The number of ether oxygens (including phenoxy) is 2. The molecule has 0 unspecified atom stereocenters. The Morgan fingerprint density at radius 2 is 1.71 bits per heavy atom. The van der Waals surface area contributed by atoms with Gasteiger partial charge in [0.15, 0.2) is 5.90 Å². The van der Waals surface area contributed by atoms with Crippen molar-refractivity contribution in [2.24, 2.45) is 21.7 Å². The summed E-state index contributed by atoms with van der Waals surface area (Å²) in [7, 11) is 0. The molecule has 3 nitrogen and oxygen atoms in total. The zero-order valence-electron chi connectivity index (χ0n) is 14.3. The Balaban J connectivity index is 0.000000364. The van der Waals surface area contributed by atoms with E-state index in [4.69, 9.17) is 9.47 Å². The van der Waals surface area contributed by atoms with Crippen molar-refractivity contribution in [3.05, 3.63) is 0 Å². The fourth-order valence-electron chi connectivity index (χ4n) is 1.76. The van der Waals surface area contributed by atoms with Crippen LogP contribution in [0, 0.1) is 16.7 Å². The third-order valence-electron chi connectivity index (χ3n) is 2.92. The fourth-order valence-corrected chi connectivity index (χ4v) is 1.76. The van der Waals surface area contributed by atoms with Crippen LogP contribution < -0.4 is 0 Å². The normalized spacial score (nSPS) is 18.1. The average Bonchev–Trinajstić information content (AvgIpc) is 2.93. The van der Waals surface area contributed by atoms with E-state index in [1.165, 1.54) is 12.8 Å². The zero-order valence-corrected chi connectivity index (χ0v) is 14.3. The quantitative estimate of drug-likeness (QED) is 0.735. The van der Waals surface area contributed by atoms with E-state index in [1.807, 2.05) is 0 Å². The van der Waals surface area contributed by atoms with Crippen molar-refractivity contribution in [3.8, 4) is 0 Å². The van der Waals surface area contributed by atoms with Gasteiger partial charge in [0.2, 0.25) is 0 Å². The van der Waals surface area contributed by atoms with E-state index in [9.17, 15) is 0 Å². The summed E-state index contributed by atoms with van der Waals surface area (Å²) < 4.78 is 10.8. The maximum absolute atomic E-state index is 5.52. The summed E-state index contributed by atoms with van der Waals surface area (Å²) in [6.07, 6.45) is 3.75. The van der Waals surface area contributed by atoms with Gasteiger partial charge in [-0.05, 0) is 29.6 Å². The highest BCUT2D eigenvalue weighted by Gasteiger charge is 2.22. The molecular weight excluding hydrogens is 262 g/mol. The molecule has 2 aliphatic rings. The standard InChI is InChI=1S/C9H18O.C8H15NO.CH4/c1-9(2,3)7-10-6-8-4-5-8;1-8(2,3)6-7-9-4-5-10-7;/h8H,4-7H2,1-3H3;4-6H2,1-3H3;1H4. The third-order valence-corrected chi connectivity index (χ3v) is 2.92. The minimum atomic E-state index is 0. The molecule has 0 aromatic carbocycles. The fraction of sp³-hybridized carbons (Fsp3) is 0.944. The van der Waals surface area contributed by atoms with Gasteiger partial charge in [0.1, 0.15) is 6.61 Å². The summed E-state index contributed by atoms with van der Waals surface area (Å²) in [6.45, 7) is 16.7. The van der Waals surface area contributed by atoms with Crippen molar-refractivity contribution in [2.75, 3.05) is 26.4 Å². The maximum Gasteiger partial charge on any atom is 0.183 e. The molecule has 21 heavy (non-hydrogen) atoms. The summed E-state index contributed by atoms with van der Waals surface area (Å²) in [5.41, 5.74) is 0.651. The molecule has 1 heterocycles. The lowest BCUT2D eigenvalue weighted by molar-refractivity contribution is 0.0644. The molecule has 0 radical (unpaired) electrons. The third kappa shape index (κ3) is 12.9. The second-order valence-corrected chi connectivity index (χ2v) is 8.38. The van der Waals surface area contributed by atoms with Gasteiger partial charge in [0.25, 0.3) is 0 Å². The number of nitrogens with zero attached hydrogens (tertiary/aromatic N) is 1. The van der Waals surface area contributed by atoms with E-state index in [-0.39, 0.29) is 7.43 Å². The lowest BCUT2D eigenvalue weighted by atomic mass is 9.92. The SMILES string of the molecule is C.CC(C)(C)CC1=NCCO1.CC(C)(C)COCC1CC1. The molecule has 3 heteroatoms. The van der Waals surface area contributed by atoms with Crippen LogP contribution in [0.2, 0.25) is 0 Å². The smallest absolute Gasteiger partial charge is 0.183 e. The van der Waals surface area contributed by atoms with E-state index in [2.05, 4.69) is 46.5 Å². The van der Waals surface area contributed by atoms with Gasteiger partial charge in [0.05, 0.1) is 13.2 Å². The van der Waals surface area contributed by atoms with E-state index >= 15 is 0 Å². The van der Waals surface area contributed by atoms with Crippen molar-refractivity contribution in [3.63, 3.8) is 0 Å². The highest BCUT2D eigenvalue weighted by molar-refractivity contribution is 5.77. The van der Waals surface area contributed by atoms with Gasteiger partial charge in [0, 0.05) is 13.0 Å². The van der Waals surface area contributed by atoms with Gasteiger partial charge in [-0.3, -0.25) is 4.99 Å². The maximum atomic E-state index is 5.52. The van der Waals surface area contributed by atoms with Crippen molar-refractivity contribution in [2.45, 2.75) is 68.2 Å². The van der Waals surface area contributed by atoms with Crippen molar-refractivity contribution >= 4 is 5.90 Å². The number of hydrogen-bond donors (Lipinski definition) is 0. The molecule has 126 valence electrons. The predicted molar refractivity (Wildman–Crippen MR) is 92.1 cm³/mol. The van der Waals surface area contributed by atoms with Crippen molar-refractivity contribution in [1.29, 1.82) is 0 Å². The topological polar surface area (TPSA) is 30.8 Å². The minimum absolute atomic E-state index is 0. The van der Waals surface area contributed by atoms with Crippen molar-refractivity contribution < 1.29 is 9.47 Å². The number of hydrogen-bond acceptors (Lipinski definition) is 3. The monoisotopic (exact) mass is 299 g/mol. The first kappa shape index (κ1) is 20.4. The van der Waals surface area contributed by atoms with E-state index in [0.29, 0.717) is 10.8 Å². The Kier molecular flexibility index (Phi) is 8.53. The van der Waals surface area contributed by atoms with E-state index < -0.39 is 0 Å². The molecule has 0 amide bonds. The lowest BCUT2D eigenvalue weighted by Gasteiger charge is -2.17. The molecular formula is C18H37NO2. The Bertz CT molecular complexity index is 306. The Hall–Kier alpha value is -0.570. The summed E-state index contributed by atoms with van der Waals surface area (Å²) in [5.74, 6) is 1.84. The first-order valence-corrected chi connectivity index (χ1v) is 7.90. The van der Waals surface area contributed by atoms with Crippen LogP contribution in [-0.4, -0.2) is 32.3 Å². The van der Waals surface area contributed by atoms with Crippen molar-refractivity contribution in [1.82, 2.24) is 0 Å². The molecule has 0 saturated heterocycles. The zero-order chi connectivity index (χ0) is 15.2. The lowest BCUT2D eigenvalue weighted by Crippen LogP contribution is -2.15.